The first kappa shape index (κ1) is 27.2. The van der Waals surface area contributed by atoms with Crippen molar-refractivity contribution in [2.45, 2.75) is 51.4 Å². The molecule has 38 heavy (non-hydrogen) atoms. The van der Waals surface area contributed by atoms with Crippen molar-refractivity contribution in [1.29, 1.82) is 0 Å². The Labute approximate surface area is 219 Å². The Morgan fingerprint density at radius 2 is 1.84 bits per heavy atom. The minimum Gasteiger partial charge on any atom is -0.342 e. The first-order chi connectivity index (χ1) is 18.0. The minimum atomic E-state index is -1.43. The van der Waals surface area contributed by atoms with Crippen molar-refractivity contribution in [2.75, 3.05) is 19.6 Å². The molecule has 2 saturated heterocycles. The summed E-state index contributed by atoms with van der Waals surface area (Å²) in [5, 5.41) is 5.01. The van der Waals surface area contributed by atoms with E-state index in [0.717, 1.165) is 4.90 Å². The van der Waals surface area contributed by atoms with Gasteiger partial charge in [-0.3, -0.25) is 19.7 Å². The van der Waals surface area contributed by atoms with Crippen LogP contribution in [0, 0.1) is 11.9 Å². The smallest absolute Gasteiger partial charge is 0.324 e. The van der Waals surface area contributed by atoms with Crippen LogP contribution in [0.5, 0.6) is 0 Å². The average Bonchev–Trinajstić information content (AvgIpc) is 3.28. The van der Waals surface area contributed by atoms with Crippen LogP contribution in [0.25, 0.3) is 0 Å². The Balaban J connectivity index is 1.54. The van der Waals surface area contributed by atoms with Crippen LogP contribution >= 0.6 is 0 Å². The number of urea groups is 1. The maximum Gasteiger partial charge on any atom is 0.324 e. The summed E-state index contributed by atoms with van der Waals surface area (Å²) in [5.74, 6) is -2.88. The number of alkyl halides is 1. The summed E-state index contributed by atoms with van der Waals surface area (Å²) in [5.41, 5.74) is 1.35. The molecule has 3 heterocycles. The third-order valence-corrected chi connectivity index (χ3v) is 6.89. The number of amides is 5. The Kier molecular flexibility index (Phi) is 8.03. The number of hydrogen-bond acceptors (Lipinski definition) is 5. The number of halogens is 2. The third-order valence-electron chi connectivity index (χ3n) is 6.89. The van der Waals surface area contributed by atoms with E-state index in [1.807, 2.05) is 13.8 Å². The maximum atomic E-state index is 14.8. The molecular formula is C27H31F2N5O4. The lowest BCUT2D eigenvalue weighted by molar-refractivity contribution is -0.139. The highest BCUT2D eigenvalue weighted by Crippen LogP contribution is 2.27. The number of imide groups is 1. The zero-order chi connectivity index (χ0) is 27.6. The van der Waals surface area contributed by atoms with Gasteiger partial charge in [-0.15, -0.1) is 0 Å². The van der Waals surface area contributed by atoms with Crippen molar-refractivity contribution in [2.24, 2.45) is 5.92 Å². The molecule has 4 rings (SSSR count). The van der Waals surface area contributed by atoms with Gasteiger partial charge in [-0.2, -0.15) is 4.39 Å². The monoisotopic (exact) mass is 527 g/mol. The SMILES string of the molecule is CC1CN(CC(=O)N2C[C@H](F)C[C@H]2C(=O)N[C@@H](c2ccccc2)c2ccc(C(C)C)c(F)n2)C(=O)NC1=O. The quantitative estimate of drug-likeness (QED) is 0.538. The van der Waals surface area contributed by atoms with Crippen LogP contribution in [0.1, 0.15) is 56.0 Å². The number of nitrogens with zero attached hydrogens (tertiary/aromatic N) is 3. The Hall–Kier alpha value is -3.89. The predicted molar refractivity (Wildman–Crippen MR) is 134 cm³/mol. The van der Waals surface area contributed by atoms with Gasteiger partial charge in [0.05, 0.1) is 24.2 Å². The molecule has 2 aliphatic heterocycles. The molecule has 1 aromatic heterocycles. The summed E-state index contributed by atoms with van der Waals surface area (Å²) in [6, 6.07) is 9.45. The van der Waals surface area contributed by atoms with Gasteiger partial charge < -0.3 is 15.1 Å². The number of rotatable bonds is 7. The fourth-order valence-corrected chi connectivity index (χ4v) is 4.77. The topological polar surface area (TPSA) is 112 Å². The van der Waals surface area contributed by atoms with Crippen LogP contribution in [-0.2, 0) is 14.4 Å². The zero-order valence-corrected chi connectivity index (χ0v) is 21.5. The number of carbonyl (C=O) groups excluding carboxylic acids is 4. The average molecular weight is 528 g/mol. The molecule has 2 aliphatic rings. The van der Waals surface area contributed by atoms with E-state index >= 15 is 0 Å². The highest BCUT2D eigenvalue weighted by atomic mass is 19.1. The van der Waals surface area contributed by atoms with Crippen molar-refractivity contribution in [1.82, 2.24) is 25.4 Å². The fourth-order valence-electron chi connectivity index (χ4n) is 4.77. The molecule has 11 heteroatoms. The van der Waals surface area contributed by atoms with Gasteiger partial charge in [0.15, 0.2) is 0 Å². The van der Waals surface area contributed by atoms with E-state index in [9.17, 15) is 28.0 Å². The molecule has 0 bridgehead atoms. The molecule has 0 spiro atoms. The first-order valence-electron chi connectivity index (χ1n) is 12.6. The highest BCUT2D eigenvalue weighted by Gasteiger charge is 2.42. The first-order valence-corrected chi connectivity index (χ1v) is 12.6. The molecule has 0 radical (unpaired) electrons. The standard InChI is InChI=1S/C27H31F2N5O4/c1-15(2)19-9-10-20(30-24(19)29)23(17-7-5-4-6-8-17)31-26(37)21-11-18(28)13-34(21)22(35)14-33-12-16(3)25(36)32-27(33)38/h4-10,15-16,18,21,23H,11-14H2,1-3H3,(H,31,37)(H,32,36,38)/t16?,18-,21+,23+/m1/s1. The van der Waals surface area contributed by atoms with Crippen LogP contribution in [-0.4, -0.2) is 70.4 Å². The molecule has 1 unspecified atom stereocenters. The van der Waals surface area contributed by atoms with E-state index in [1.54, 1.807) is 49.4 Å². The predicted octanol–water partition coefficient (Wildman–Crippen LogP) is 2.68. The van der Waals surface area contributed by atoms with Gasteiger partial charge in [-0.05, 0) is 17.5 Å². The van der Waals surface area contributed by atoms with Gasteiger partial charge >= 0.3 is 6.03 Å². The van der Waals surface area contributed by atoms with Gasteiger partial charge in [-0.25, -0.2) is 14.2 Å². The molecule has 2 N–H and O–H groups in total. The van der Waals surface area contributed by atoms with Gasteiger partial charge in [-0.1, -0.05) is 57.2 Å². The van der Waals surface area contributed by atoms with E-state index in [4.69, 9.17) is 0 Å². The van der Waals surface area contributed by atoms with E-state index in [-0.39, 0.29) is 31.1 Å². The zero-order valence-electron chi connectivity index (χ0n) is 21.5. The van der Waals surface area contributed by atoms with E-state index < -0.39 is 60.4 Å². The number of hydrogen-bond donors (Lipinski definition) is 2. The van der Waals surface area contributed by atoms with Crippen LogP contribution in [0.3, 0.4) is 0 Å². The minimum absolute atomic E-state index is 0.0415. The molecular weight excluding hydrogens is 496 g/mol. The van der Waals surface area contributed by atoms with Crippen molar-refractivity contribution >= 4 is 23.8 Å². The van der Waals surface area contributed by atoms with E-state index in [1.165, 1.54) is 4.90 Å². The number of carbonyl (C=O) groups is 4. The van der Waals surface area contributed by atoms with Gasteiger partial charge in [0.2, 0.25) is 23.7 Å². The lowest BCUT2D eigenvalue weighted by Crippen LogP contribution is -2.57. The summed E-state index contributed by atoms with van der Waals surface area (Å²) < 4.78 is 29.3. The molecule has 1 aromatic carbocycles. The number of likely N-dealkylation sites (tertiary alicyclic amines) is 1. The summed E-state index contributed by atoms with van der Waals surface area (Å²) >= 11 is 0. The van der Waals surface area contributed by atoms with Crippen molar-refractivity contribution < 1.29 is 28.0 Å². The van der Waals surface area contributed by atoms with Crippen LogP contribution in [0.4, 0.5) is 13.6 Å². The number of pyridine rings is 1. The van der Waals surface area contributed by atoms with Gasteiger partial charge in [0.1, 0.15) is 18.8 Å². The molecule has 0 aliphatic carbocycles. The molecule has 2 fully saturated rings. The largest absolute Gasteiger partial charge is 0.342 e. The summed E-state index contributed by atoms with van der Waals surface area (Å²) in [6.07, 6.45) is -1.64. The van der Waals surface area contributed by atoms with Crippen molar-refractivity contribution in [3.05, 3.63) is 65.2 Å². The van der Waals surface area contributed by atoms with E-state index in [2.05, 4.69) is 15.6 Å². The Morgan fingerprint density at radius 3 is 2.50 bits per heavy atom. The molecule has 202 valence electrons. The second-order valence-corrected chi connectivity index (χ2v) is 10.1. The summed E-state index contributed by atoms with van der Waals surface area (Å²) in [4.78, 5) is 56.8. The molecule has 9 nitrogen and oxygen atoms in total. The highest BCUT2D eigenvalue weighted by molar-refractivity contribution is 5.99. The maximum absolute atomic E-state index is 14.8. The molecule has 2 aromatic rings. The molecule has 5 amide bonds. The third kappa shape index (κ3) is 5.81. The lowest BCUT2D eigenvalue weighted by Gasteiger charge is -2.32. The Morgan fingerprint density at radius 1 is 1.13 bits per heavy atom. The number of benzene rings is 1. The van der Waals surface area contributed by atoms with Crippen molar-refractivity contribution in [3.63, 3.8) is 0 Å². The van der Waals surface area contributed by atoms with Gasteiger partial charge in [0.25, 0.3) is 0 Å². The van der Waals surface area contributed by atoms with Gasteiger partial charge in [0, 0.05) is 18.5 Å². The van der Waals surface area contributed by atoms with Crippen LogP contribution in [0.2, 0.25) is 0 Å². The van der Waals surface area contributed by atoms with Crippen LogP contribution in [0.15, 0.2) is 42.5 Å². The summed E-state index contributed by atoms with van der Waals surface area (Å²) in [7, 11) is 0. The number of aromatic nitrogens is 1. The second kappa shape index (κ2) is 11.2. The second-order valence-electron chi connectivity index (χ2n) is 10.1. The normalized spacial score (nSPS) is 22.4. The van der Waals surface area contributed by atoms with Crippen molar-refractivity contribution in [3.8, 4) is 0 Å². The Bertz CT molecular complexity index is 1230. The molecule has 0 saturated carbocycles. The summed E-state index contributed by atoms with van der Waals surface area (Å²) in [6.45, 7) is 4.66. The van der Waals surface area contributed by atoms with E-state index in [0.29, 0.717) is 11.1 Å². The molecule has 4 atom stereocenters. The fraction of sp³-hybridized carbons (Fsp3) is 0.444. The number of nitrogens with one attached hydrogen (secondary N) is 2. The lowest BCUT2D eigenvalue weighted by atomic mass is 9.99. The van der Waals surface area contributed by atoms with Crippen LogP contribution < -0.4 is 10.6 Å².